The van der Waals surface area contributed by atoms with Gasteiger partial charge < -0.3 is 15.1 Å². The summed E-state index contributed by atoms with van der Waals surface area (Å²) < 4.78 is 0. The van der Waals surface area contributed by atoms with Crippen LogP contribution in [0.4, 0.5) is 0 Å². The van der Waals surface area contributed by atoms with Gasteiger partial charge in [0, 0.05) is 32.1 Å². The lowest BCUT2D eigenvalue weighted by Gasteiger charge is -2.39. The van der Waals surface area contributed by atoms with Crippen molar-refractivity contribution in [2.45, 2.75) is 44.6 Å². The van der Waals surface area contributed by atoms with Crippen molar-refractivity contribution in [2.24, 2.45) is 5.92 Å². The van der Waals surface area contributed by atoms with Crippen molar-refractivity contribution in [3.8, 4) is 0 Å². The SMILES string of the molecule is O=C1CC(C(=O)N2CCCC[C@H]2CN2CCCC2)CN1. The third kappa shape index (κ3) is 2.97. The van der Waals surface area contributed by atoms with Crippen LogP contribution < -0.4 is 5.32 Å². The smallest absolute Gasteiger partial charge is 0.228 e. The number of carbonyl (C=O) groups is 2. The monoisotopic (exact) mass is 279 g/mol. The minimum absolute atomic E-state index is 0.0245. The van der Waals surface area contributed by atoms with Crippen LogP contribution in [-0.2, 0) is 9.59 Å². The Balaban J connectivity index is 1.61. The molecule has 3 heterocycles. The maximum atomic E-state index is 12.6. The first-order valence-electron chi connectivity index (χ1n) is 8.03. The normalized spacial score (nSPS) is 31.6. The zero-order chi connectivity index (χ0) is 13.9. The second-order valence-corrected chi connectivity index (χ2v) is 6.39. The Morgan fingerprint density at radius 2 is 1.90 bits per heavy atom. The topological polar surface area (TPSA) is 52.7 Å². The summed E-state index contributed by atoms with van der Waals surface area (Å²) >= 11 is 0. The number of nitrogens with one attached hydrogen (secondary N) is 1. The van der Waals surface area contributed by atoms with Crippen LogP contribution in [0.3, 0.4) is 0 Å². The van der Waals surface area contributed by atoms with Gasteiger partial charge in [-0.3, -0.25) is 9.59 Å². The molecule has 3 aliphatic heterocycles. The second kappa shape index (κ2) is 6.12. The van der Waals surface area contributed by atoms with E-state index in [0.29, 0.717) is 19.0 Å². The van der Waals surface area contributed by atoms with E-state index in [-0.39, 0.29) is 17.7 Å². The zero-order valence-electron chi connectivity index (χ0n) is 12.1. The minimum atomic E-state index is -0.123. The van der Waals surface area contributed by atoms with Crippen LogP contribution >= 0.6 is 0 Å². The molecule has 3 saturated heterocycles. The largest absolute Gasteiger partial charge is 0.355 e. The van der Waals surface area contributed by atoms with E-state index in [2.05, 4.69) is 15.1 Å². The molecule has 3 rings (SSSR count). The lowest BCUT2D eigenvalue weighted by atomic mass is 9.98. The van der Waals surface area contributed by atoms with Crippen LogP contribution in [0, 0.1) is 5.92 Å². The number of rotatable bonds is 3. The van der Waals surface area contributed by atoms with Crippen LogP contribution in [-0.4, -0.2) is 60.4 Å². The van der Waals surface area contributed by atoms with Crippen LogP contribution in [0.25, 0.3) is 0 Å². The molecule has 0 aromatic rings. The van der Waals surface area contributed by atoms with Gasteiger partial charge in [0.15, 0.2) is 0 Å². The van der Waals surface area contributed by atoms with Crippen molar-refractivity contribution in [1.82, 2.24) is 15.1 Å². The Hall–Kier alpha value is -1.10. The van der Waals surface area contributed by atoms with Crippen LogP contribution in [0.2, 0.25) is 0 Å². The highest BCUT2D eigenvalue weighted by Crippen LogP contribution is 2.23. The quantitative estimate of drug-likeness (QED) is 0.823. The Kier molecular flexibility index (Phi) is 4.24. The van der Waals surface area contributed by atoms with Crippen molar-refractivity contribution in [2.75, 3.05) is 32.7 Å². The molecule has 1 unspecified atom stereocenters. The number of hydrogen-bond donors (Lipinski definition) is 1. The van der Waals surface area contributed by atoms with Crippen molar-refractivity contribution in [3.63, 3.8) is 0 Å². The van der Waals surface area contributed by atoms with E-state index < -0.39 is 0 Å². The van der Waals surface area contributed by atoms with Gasteiger partial charge in [-0.15, -0.1) is 0 Å². The number of hydrogen-bond acceptors (Lipinski definition) is 3. The average Bonchev–Trinajstić information content (AvgIpc) is 3.10. The fourth-order valence-electron chi connectivity index (χ4n) is 3.76. The maximum absolute atomic E-state index is 12.6. The van der Waals surface area contributed by atoms with E-state index in [1.165, 1.54) is 32.4 Å². The van der Waals surface area contributed by atoms with Gasteiger partial charge in [0.25, 0.3) is 0 Å². The summed E-state index contributed by atoms with van der Waals surface area (Å²) in [6.45, 7) is 4.80. The number of nitrogens with zero attached hydrogens (tertiary/aromatic N) is 2. The minimum Gasteiger partial charge on any atom is -0.355 e. The Bertz CT molecular complexity index is 379. The van der Waals surface area contributed by atoms with E-state index >= 15 is 0 Å². The van der Waals surface area contributed by atoms with Gasteiger partial charge in [0.05, 0.1) is 5.92 Å². The number of amides is 2. The Morgan fingerprint density at radius 3 is 2.60 bits per heavy atom. The highest BCUT2D eigenvalue weighted by molar-refractivity contribution is 5.89. The predicted octanol–water partition coefficient (Wildman–Crippen LogP) is 0.599. The van der Waals surface area contributed by atoms with Crippen LogP contribution in [0.5, 0.6) is 0 Å². The molecular weight excluding hydrogens is 254 g/mol. The molecule has 2 atom stereocenters. The summed E-state index contributed by atoms with van der Waals surface area (Å²) in [6, 6.07) is 0.366. The Labute approximate surface area is 120 Å². The first-order valence-corrected chi connectivity index (χ1v) is 8.03. The summed E-state index contributed by atoms with van der Waals surface area (Å²) in [5.41, 5.74) is 0. The molecule has 0 saturated carbocycles. The summed E-state index contributed by atoms with van der Waals surface area (Å²) in [7, 11) is 0. The van der Waals surface area contributed by atoms with E-state index in [1.807, 2.05) is 0 Å². The summed E-state index contributed by atoms with van der Waals surface area (Å²) in [5, 5.41) is 2.78. The van der Waals surface area contributed by atoms with E-state index in [1.54, 1.807) is 0 Å². The highest BCUT2D eigenvalue weighted by Gasteiger charge is 2.36. The first kappa shape index (κ1) is 13.9. The molecule has 3 aliphatic rings. The molecule has 5 heteroatoms. The van der Waals surface area contributed by atoms with Crippen molar-refractivity contribution in [3.05, 3.63) is 0 Å². The van der Waals surface area contributed by atoms with Crippen molar-refractivity contribution in [1.29, 1.82) is 0 Å². The fraction of sp³-hybridized carbons (Fsp3) is 0.867. The van der Waals surface area contributed by atoms with E-state index in [4.69, 9.17) is 0 Å². The van der Waals surface area contributed by atoms with Gasteiger partial charge in [0.2, 0.25) is 11.8 Å². The van der Waals surface area contributed by atoms with Gasteiger partial charge in [-0.2, -0.15) is 0 Å². The highest BCUT2D eigenvalue weighted by atomic mass is 16.2. The average molecular weight is 279 g/mol. The van der Waals surface area contributed by atoms with Crippen LogP contribution in [0.1, 0.15) is 38.5 Å². The van der Waals surface area contributed by atoms with Gasteiger partial charge in [-0.05, 0) is 45.2 Å². The molecule has 20 heavy (non-hydrogen) atoms. The number of likely N-dealkylation sites (tertiary alicyclic amines) is 2. The van der Waals surface area contributed by atoms with E-state index in [9.17, 15) is 9.59 Å². The maximum Gasteiger partial charge on any atom is 0.228 e. The van der Waals surface area contributed by atoms with Crippen molar-refractivity contribution < 1.29 is 9.59 Å². The Morgan fingerprint density at radius 1 is 1.15 bits per heavy atom. The molecule has 0 aliphatic carbocycles. The van der Waals surface area contributed by atoms with Gasteiger partial charge >= 0.3 is 0 Å². The molecule has 112 valence electrons. The third-order valence-electron chi connectivity index (χ3n) is 4.90. The standard InChI is InChI=1S/C15H25N3O2/c19-14-9-12(10-16-14)15(20)18-8-2-1-5-13(18)11-17-6-3-4-7-17/h12-13H,1-11H2,(H,16,19)/t12?,13-/m0/s1. The van der Waals surface area contributed by atoms with Crippen LogP contribution in [0.15, 0.2) is 0 Å². The summed E-state index contributed by atoms with van der Waals surface area (Å²) in [6.07, 6.45) is 6.42. The van der Waals surface area contributed by atoms with Crippen molar-refractivity contribution >= 4 is 11.8 Å². The molecular formula is C15H25N3O2. The summed E-state index contributed by atoms with van der Waals surface area (Å²) in [4.78, 5) is 28.5. The molecule has 3 fully saturated rings. The molecule has 1 N–H and O–H groups in total. The van der Waals surface area contributed by atoms with Gasteiger partial charge in [-0.1, -0.05) is 0 Å². The fourth-order valence-corrected chi connectivity index (χ4v) is 3.76. The van der Waals surface area contributed by atoms with Gasteiger partial charge in [-0.25, -0.2) is 0 Å². The third-order valence-corrected chi connectivity index (χ3v) is 4.90. The predicted molar refractivity (Wildman–Crippen MR) is 76.1 cm³/mol. The number of carbonyl (C=O) groups excluding carboxylic acids is 2. The summed E-state index contributed by atoms with van der Waals surface area (Å²) in [5.74, 6) is 0.102. The first-order chi connectivity index (χ1) is 9.74. The lowest BCUT2D eigenvalue weighted by molar-refractivity contribution is -0.139. The molecule has 2 amide bonds. The molecule has 0 aromatic heterocycles. The molecule has 0 radical (unpaired) electrons. The molecule has 0 bridgehead atoms. The van der Waals surface area contributed by atoms with Gasteiger partial charge in [0.1, 0.15) is 0 Å². The lowest BCUT2D eigenvalue weighted by Crippen LogP contribution is -2.51. The molecule has 0 aromatic carbocycles. The van der Waals surface area contributed by atoms with E-state index in [0.717, 1.165) is 25.9 Å². The molecule has 5 nitrogen and oxygen atoms in total. The zero-order valence-corrected chi connectivity index (χ0v) is 12.1. The second-order valence-electron chi connectivity index (χ2n) is 6.39. The molecule has 0 spiro atoms. The number of piperidine rings is 1.